The van der Waals surface area contributed by atoms with Gasteiger partial charge in [0.2, 0.25) is 0 Å². The molecule has 1 aliphatic rings. The average molecular weight is 270 g/mol. The Hall–Kier alpha value is -0.180. The molecule has 2 nitrogen and oxygen atoms in total. The molecule has 0 aromatic carbocycles. The molecule has 0 amide bonds. The van der Waals surface area contributed by atoms with Gasteiger partial charge in [0, 0.05) is 17.8 Å². The summed E-state index contributed by atoms with van der Waals surface area (Å²) in [6.45, 7) is 12.4. The minimum atomic E-state index is 0.254. The summed E-state index contributed by atoms with van der Waals surface area (Å²) in [5.41, 5.74) is 0.702. The van der Waals surface area contributed by atoms with Gasteiger partial charge in [0.1, 0.15) is 0 Å². The molecule has 1 rings (SSSR count). The van der Waals surface area contributed by atoms with Crippen LogP contribution < -0.4 is 5.32 Å². The smallest absolute Gasteiger partial charge is 0.157 e. The Morgan fingerprint density at radius 3 is 2.00 bits per heavy atom. The minimum absolute atomic E-state index is 0.254. The molecule has 1 N–H and O–H groups in total. The Morgan fingerprint density at radius 2 is 1.67 bits per heavy atom. The number of nitrogens with zero attached hydrogens (tertiary/aromatic N) is 1. The molecule has 0 saturated carbocycles. The average Bonchev–Trinajstić information content (AvgIpc) is 2.46. The monoisotopic (exact) mass is 270 g/mol. The number of hydrogen-bond donors (Lipinski definition) is 1. The van der Waals surface area contributed by atoms with Crippen molar-refractivity contribution < 1.29 is 0 Å². The maximum Gasteiger partial charge on any atom is 0.157 e. The first kappa shape index (κ1) is 15.9. The molecule has 0 aliphatic carbocycles. The normalized spacial score (nSPS) is 19.5. The summed E-state index contributed by atoms with van der Waals surface area (Å²) in [4.78, 5) is 4.82. The largest absolute Gasteiger partial charge is 0.360 e. The van der Waals surface area contributed by atoms with E-state index < -0.39 is 0 Å². The van der Waals surface area contributed by atoms with Gasteiger partial charge in [-0.2, -0.15) is 0 Å². The van der Waals surface area contributed by atoms with Gasteiger partial charge in [-0.05, 0) is 37.5 Å². The SMILES string of the molecule is CCC1(CC)CN=C(NC(CC)(CC)CC)SC1. The number of aliphatic imine (C=N–C) groups is 1. The highest BCUT2D eigenvalue weighted by Crippen LogP contribution is 2.35. The van der Waals surface area contributed by atoms with E-state index in [9.17, 15) is 0 Å². The van der Waals surface area contributed by atoms with Crippen LogP contribution in [0.15, 0.2) is 4.99 Å². The minimum Gasteiger partial charge on any atom is -0.360 e. The molecule has 0 spiro atoms. The van der Waals surface area contributed by atoms with E-state index in [0.29, 0.717) is 5.41 Å². The topological polar surface area (TPSA) is 24.4 Å². The molecular formula is C15H30N2S. The maximum absolute atomic E-state index is 4.82. The summed E-state index contributed by atoms with van der Waals surface area (Å²) >= 11 is 1.93. The Morgan fingerprint density at radius 1 is 1.11 bits per heavy atom. The summed E-state index contributed by atoms with van der Waals surface area (Å²) < 4.78 is 0. The van der Waals surface area contributed by atoms with Crippen LogP contribution in [0.5, 0.6) is 0 Å². The molecule has 106 valence electrons. The van der Waals surface area contributed by atoms with Gasteiger partial charge in [-0.1, -0.05) is 46.4 Å². The first-order chi connectivity index (χ1) is 8.59. The van der Waals surface area contributed by atoms with E-state index in [2.05, 4.69) is 39.9 Å². The summed E-state index contributed by atoms with van der Waals surface area (Å²) in [6.07, 6.45) is 6.01. The van der Waals surface area contributed by atoms with Crippen molar-refractivity contribution in [3.63, 3.8) is 0 Å². The van der Waals surface area contributed by atoms with Crippen molar-refractivity contribution >= 4 is 16.9 Å². The first-order valence-electron chi connectivity index (χ1n) is 7.54. The predicted octanol–water partition coefficient (Wildman–Crippen LogP) is 4.45. The third-order valence-corrected chi connectivity index (χ3v) is 6.24. The fourth-order valence-electron chi connectivity index (χ4n) is 2.55. The second kappa shape index (κ2) is 6.83. The van der Waals surface area contributed by atoms with Crippen molar-refractivity contribution in [3.05, 3.63) is 0 Å². The van der Waals surface area contributed by atoms with Gasteiger partial charge in [0.05, 0.1) is 0 Å². The highest BCUT2D eigenvalue weighted by atomic mass is 32.2. The van der Waals surface area contributed by atoms with Crippen LogP contribution in [0.4, 0.5) is 0 Å². The van der Waals surface area contributed by atoms with Crippen molar-refractivity contribution in [1.82, 2.24) is 5.32 Å². The van der Waals surface area contributed by atoms with Gasteiger partial charge in [-0.15, -0.1) is 0 Å². The van der Waals surface area contributed by atoms with Crippen LogP contribution >= 0.6 is 11.8 Å². The van der Waals surface area contributed by atoms with Gasteiger partial charge in [-0.3, -0.25) is 4.99 Å². The van der Waals surface area contributed by atoms with Crippen LogP contribution in [0.25, 0.3) is 0 Å². The lowest BCUT2D eigenvalue weighted by Gasteiger charge is -2.38. The Balaban J connectivity index is 2.68. The molecule has 18 heavy (non-hydrogen) atoms. The van der Waals surface area contributed by atoms with Gasteiger partial charge in [0.15, 0.2) is 5.17 Å². The first-order valence-corrected chi connectivity index (χ1v) is 8.53. The van der Waals surface area contributed by atoms with E-state index in [1.807, 2.05) is 11.8 Å². The van der Waals surface area contributed by atoms with Crippen LogP contribution in [0.3, 0.4) is 0 Å². The number of nitrogens with one attached hydrogen (secondary N) is 1. The number of amidine groups is 1. The van der Waals surface area contributed by atoms with Crippen molar-refractivity contribution in [3.8, 4) is 0 Å². The van der Waals surface area contributed by atoms with Gasteiger partial charge < -0.3 is 5.32 Å². The third kappa shape index (κ3) is 3.43. The molecule has 0 saturated heterocycles. The fraction of sp³-hybridized carbons (Fsp3) is 0.933. The second-order valence-electron chi connectivity index (χ2n) is 5.58. The highest BCUT2D eigenvalue weighted by molar-refractivity contribution is 8.13. The quantitative estimate of drug-likeness (QED) is 0.771. The predicted molar refractivity (Wildman–Crippen MR) is 84.5 cm³/mol. The molecule has 0 atom stereocenters. The third-order valence-electron chi connectivity index (χ3n) is 4.98. The summed E-state index contributed by atoms with van der Waals surface area (Å²) in [5, 5.41) is 4.90. The van der Waals surface area contributed by atoms with Crippen molar-refractivity contribution in [2.24, 2.45) is 10.4 Å². The zero-order chi connectivity index (χ0) is 13.6. The summed E-state index contributed by atoms with van der Waals surface area (Å²) in [5.74, 6) is 1.22. The van der Waals surface area contributed by atoms with Gasteiger partial charge in [-0.25, -0.2) is 0 Å². The Labute approximate surface area is 117 Å². The van der Waals surface area contributed by atoms with Crippen molar-refractivity contribution in [1.29, 1.82) is 0 Å². The Kier molecular flexibility index (Phi) is 6.03. The number of thioether (sulfide) groups is 1. The van der Waals surface area contributed by atoms with Crippen LogP contribution in [0.1, 0.15) is 66.7 Å². The molecule has 0 aromatic rings. The van der Waals surface area contributed by atoms with E-state index in [-0.39, 0.29) is 5.54 Å². The molecule has 3 heteroatoms. The lowest BCUT2D eigenvalue weighted by atomic mass is 9.84. The molecule has 0 bridgehead atoms. The van der Waals surface area contributed by atoms with Crippen molar-refractivity contribution in [2.75, 3.05) is 12.3 Å². The van der Waals surface area contributed by atoms with Crippen LogP contribution in [0, 0.1) is 5.41 Å². The summed E-state index contributed by atoms with van der Waals surface area (Å²) in [7, 11) is 0. The molecule has 1 heterocycles. The van der Waals surface area contributed by atoms with E-state index in [4.69, 9.17) is 4.99 Å². The van der Waals surface area contributed by atoms with Crippen LogP contribution in [-0.2, 0) is 0 Å². The van der Waals surface area contributed by atoms with Gasteiger partial charge in [0.25, 0.3) is 0 Å². The highest BCUT2D eigenvalue weighted by Gasteiger charge is 2.32. The Bertz CT molecular complexity index is 270. The van der Waals surface area contributed by atoms with E-state index >= 15 is 0 Å². The number of hydrogen-bond acceptors (Lipinski definition) is 3. The van der Waals surface area contributed by atoms with E-state index in [1.54, 1.807) is 0 Å². The standard InChI is InChI=1S/C15H30N2S/c1-6-14(7-2)11-16-13(18-12-14)17-15(8-3,9-4)10-5/h6-12H2,1-5H3,(H,16,17). The lowest BCUT2D eigenvalue weighted by Crippen LogP contribution is -2.48. The molecular weight excluding hydrogens is 240 g/mol. The lowest BCUT2D eigenvalue weighted by molar-refractivity contribution is 0.312. The number of rotatable bonds is 6. The zero-order valence-corrected chi connectivity index (χ0v) is 13.6. The second-order valence-corrected chi connectivity index (χ2v) is 6.55. The van der Waals surface area contributed by atoms with E-state index in [1.165, 1.54) is 43.0 Å². The molecule has 0 unspecified atom stereocenters. The summed E-state index contributed by atoms with van der Waals surface area (Å²) in [6, 6.07) is 0. The fourth-order valence-corrected chi connectivity index (χ4v) is 3.93. The van der Waals surface area contributed by atoms with Crippen LogP contribution in [-0.4, -0.2) is 23.0 Å². The molecule has 1 aliphatic heterocycles. The maximum atomic E-state index is 4.82. The molecule has 0 fully saturated rings. The van der Waals surface area contributed by atoms with Crippen molar-refractivity contribution in [2.45, 2.75) is 72.3 Å². The van der Waals surface area contributed by atoms with E-state index in [0.717, 1.165) is 6.54 Å². The van der Waals surface area contributed by atoms with Gasteiger partial charge >= 0.3 is 0 Å². The molecule has 0 aromatic heterocycles. The van der Waals surface area contributed by atoms with Crippen LogP contribution in [0.2, 0.25) is 0 Å². The molecule has 0 radical (unpaired) electrons. The zero-order valence-electron chi connectivity index (χ0n) is 12.8.